The predicted molar refractivity (Wildman–Crippen MR) is 131 cm³/mol. The zero-order valence-corrected chi connectivity index (χ0v) is 20.3. The standard InChI is InChI=1S/C23H34N4O2.HI/c1-24-22(27-12-10-23(16-27)11-13-29-17-23)25-15-18-6-5-9-20(14-18)26-21(28)19-7-3-2-4-8-19;/h5-6,9,14,19H,2-4,7-8,10-13,15-17H2,1H3,(H,24,25)(H,26,28);1H. The molecule has 0 radical (unpaired) electrons. The van der Waals surface area contributed by atoms with Crippen LogP contribution in [-0.2, 0) is 16.1 Å². The van der Waals surface area contributed by atoms with Gasteiger partial charge in [-0.25, -0.2) is 0 Å². The fraction of sp³-hybridized carbons (Fsp3) is 0.652. The average molecular weight is 526 g/mol. The largest absolute Gasteiger partial charge is 0.381 e. The van der Waals surface area contributed by atoms with E-state index in [1.807, 2.05) is 19.2 Å². The summed E-state index contributed by atoms with van der Waals surface area (Å²) < 4.78 is 5.64. The summed E-state index contributed by atoms with van der Waals surface area (Å²) in [7, 11) is 1.85. The molecule has 1 atom stereocenters. The van der Waals surface area contributed by atoms with Crippen molar-refractivity contribution in [2.45, 2.75) is 51.5 Å². The van der Waals surface area contributed by atoms with Gasteiger partial charge in [0.15, 0.2) is 5.96 Å². The lowest BCUT2D eigenvalue weighted by Gasteiger charge is -2.25. The molecule has 6 nitrogen and oxygen atoms in total. The number of ether oxygens (including phenoxy) is 1. The molecule has 1 spiro atoms. The van der Waals surface area contributed by atoms with Crippen molar-refractivity contribution in [2.24, 2.45) is 16.3 Å². The smallest absolute Gasteiger partial charge is 0.227 e. The third kappa shape index (κ3) is 5.66. The molecule has 1 amide bonds. The molecule has 4 rings (SSSR count). The minimum absolute atomic E-state index is 0. The van der Waals surface area contributed by atoms with Crippen molar-refractivity contribution in [3.05, 3.63) is 29.8 Å². The number of carbonyl (C=O) groups excluding carboxylic acids is 1. The highest BCUT2D eigenvalue weighted by Crippen LogP contribution is 2.38. The van der Waals surface area contributed by atoms with Gasteiger partial charge in [0.05, 0.1) is 6.61 Å². The number of halogens is 1. The van der Waals surface area contributed by atoms with Gasteiger partial charge in [-0.3, -0.25) is 9.79 Å². The Morgan fingerprint density at radius 3 is 2.83 bits per heavy atom. The maximum atomic E-state index is 12.5. The second-order valence-corrected chi connectivity index (χ2v) is 8.90. The van der Waals surface area contributed by atoms with E-state index in [2.05, 4.69) is 32.7 Å². The van der Waals surface area contributed by atoms with E-state index < -0.39 is 0 Å². The number of aliphatic imine (C=N–C) groups is 1. The zero-order valence-electron chi connectivity index (χ0n) is 18.0. The van der Waals surface area contributed by atoms with E-state index in [1.54, 1.807) is 0 Å². The monoisotopic (exact) mass is 526 g/mol. The van der Waals surface area contributed by atoms with Crippen LogP contribution in [0.15, 0.2) is 29.3 Å². The molecule has 0 bridgehead atoms. The highest BCUT2D eigenvalue weighted by Gasteiger charge is 2.42. The fourth-order valence-corrected chi connectivity index (χ4v) is 4.97. The van der Waals surface area contributed by atoms with E-state index in [0.717, 1.165) is 62.8 Å². The highest BCUT2D eigenvalue weighted by atomic mass is 127. The minimum Gasteiger partial charge on any atom is -0.381 e. The number of carbonyl (C=O) groups is 1. The summed E-state index contributed by atoms with van der Waals surface area (Å²) in [6.07, 6.45) is 7.98. The van der Waals surface area contributed by atoms with Gasteiger partial charge in [-0.1, -0.05) is 31.4 Å². The van der Waals surface area contributed by atoms with Crippen LogP contribution in [0.5, 0.6) is 0 Å². The van der Waals surface area contributed by atoms with E-state index in [-0.39, 0.29) is 35.8 Å². The third-order valence-electron chi connectivity index (χ3n) is 6.76. The van der Waals surface area contributed by atoms with Crippen molar-refractivity contribution >= 4 is 41.5 Å². The van der Waals surface area contributed by atoms with E-state index in [9.17, 15) is 4.79 Å². The molecule has 2 saturated heterocycles. The quantitative estimate of drug-likeness (QED) is 0.354. The Bertz CT molecular complexity index is 742. The molecule has 3 aliphatic rings. The predicted octanol–water partition coefficient (Wildman–Crippen LogP) is 4.01. The first-order valence-corrected chi connectivity index (χ1v) is 11.1. The second-order valence-electron chi connectivity index (χ2n) is 8.90. The third-order valence-corrected chi connectivity index (χ3v) is 6.76. The number of anilines is 1. The highest BCUT2D eigenvalue weighted by molar-refractivity contribution is 14.0. The molecule has 3 fully saturated rings. The molecular weight excluding hydrogens is 491 g/mol. The van der Waals surface area contributed by atoms with Crippen molar-refractivity contribution in [1.82, 2.24) is 10.2 Å². The summed E-state index contributed by atoms with van der Waals surface area (Å²) in [4.78, 5) is 19.4. The number of benzene rings is 1. The summed E-state index contributed by atoms with van der Waals surface area (Å²) in [6.45, 7) is 4.51. The van der Waals surface area contributed by atoms with Gasteiger partial charge in [0, 0.05) is 50.3 Å². The van der Waals surface area contributed by atoms with Crippen molar-refractivity contribution in [1.29, 1.82) is 0 Å². The average Bonchev–Trinajstić information content (AvgIpc) is 3.39. The lowest BCUT2D eigenvalue weighted by Crippen LogP contribution is -2.41. The summed E-state index contributed by atoms with van der Waals surface area (Å²) in [6, 6.07) is 8.14. The number of hydrogen-bond acceptors (Lipinski definition) is 3. The molecule has 166 valence electrons. The number of rotatable bonds is 4. The molecule has 1 aromatic rings. The van der Waals surface area contributed by atoms with Gasteiger partial charge < -0.3 is 20.3 Å². The summed E-state index contributed by atoms with van der Waals surface area (Å²) in [5.74, 6) is 1.29. The Kier molecular flexibility index (Phi) is 8.39. The number of likely N-dealkylation sites (tertiary alicyclic amines) is 1. The van der Waals surface area contributed by atoms with Gasteiger partial charge in [0.25, 0.3) is 0 Å². The zero-order chi connectivity index (χ0) is 20.1. The second kappa shape index (κ2) is 10.8. The Labute approximate surface area is 197 Å². The van der Waals surface area contributed by atoms with Gasteiger partial charge in [-0.15, -0.1) is 24.0 Å². The van der Waals surface area contributed by atoms with E-state index in [1.165, 1.54) is 25.7 Å². The summed E-state index contributed by atoms with van der Waals surface area (Å²) >= 11 is 0. The van der Waals surface area contributed by atoms with Crippen molar-refractivity contribution in [3.63, 3.8) is 0 Å². The topological polar surface area (TPSA) is 66.0 Å². The molecule has 30 heavy (non-hydrogen) atoms. The van der Waals surface area contributed by atoms with Crippen molar-refractivity contribution in [2.75, 3.05) is 38.7 Å². The minimum atomic E-state index is 0. The van der Waals surface area contributed by atoms with Gasteiger partial charge in [0.1, 0.15) is 0 Å². The van der Waals surface area contributed by atoms with Crippen LogP contribution in [0.1, 0.15) is 50.5 Å². The molecule has 7 heteroatoms. The van der Waals surface area contributed by atoms with Crippen LogP contribution in [0.2, 0.25) is 0 Å². The van der Waals surface area contributed by atoms with Crippen molar-refractivity contribution in [3.8, 4) is 0 Å². The van der Waals surface area contributed by atoms with Crippen LogP contribution < -0.4 is 10.6 Å². The van der Waals surface area contributed by atoms with E-state index in [0.29, 0.717) is 12.0 Å². The van der Waals surface area contributed by atoms with E-state index in [4.69, 9.17) is 4.74 Å². The Hall–Kier alpha value is -1.35. The van der Waals surface area contributed by atoms with Crippen LogP contribution in [0.25, 0.3) is 0 Å². The molecule has 2 heterocycles. The van der Waals surface area contributed by atoms with Crippen LogP contribution in [0, 0.1) is 11.3 Å². The first kappa shape index (κ1) is 23.3. The number of amides is 1. The lowest BCUT2D eigenvalue weighted by molar-refractivity contribution is -0.120. The van der Waals surface area contributed by atoms with Gasteiger partial charge >= 0.3 is 0 Å². The SMILES string of the molecule is CN=C(NCc1cccc(NC(=O)C2CCCCC2)c1)N1CCC2(CCOC2)C1.I. The number of nitrogens with zero attached hydrogens (tertiary/aromatic N) is 2. The number of nitrogens with one attached hydrogen (secondary N) is 2. The molecule has 1 aromatic carbocycles. The van der Waals surface area contributed by atoms with Crippen LogP contribution >= 0.6 is 24.0 Å². The Morgan fingerprint density at radius 2 is 2.10 bits per heavy atom. The molecule has 1 saturated carbocycles. The number of guanidine groups is 1. The molecule has 2 N–H and O–H groups in total. The molecule has 0 aromatic heterocycles. The first-order chi connectivity index (χ1) is 14.2. The maximum absolute atomic E-state index is 12.5. The lowest BCUT2D eigenvalue weighted by atomic mass is 9.87. The van der Waals surface area contributed by atoms with Crippen LogP contribution in [-0.4, -0.2) is 50.1 Å². The normalized spacial score (nSPS) is 24.7. The number of hydrogen-bond donors (Lipinski definition) is 2. The summed E-state index contributed by atoms with van der Waals surface area (Å²) in [5.41, 5.74) is 2.35. The Morgan fingerprint density at radius 1 is 1.27 bits per heavy atom. The van der Waals surface area contributed by atoms with Crippen LogP contribution in [0.4, 0.5) is 5.69 Å². The van der Waals surface area contributed by atoms with Gasteiger partial charge in [-0.2, -0.15) is 0 Å². The molecule has 2 aliphatic heterocycles. The fourth-order valence-electron chi connectivity index (χ4n) is 4.97. The first-order valence-electron chi connectivity index (χ1n) is 11.1. The molecular formula is C23H35IN4O2. The van der Waals surface area contributed by atoms with Gasteiger partial charge in [0.2, 0.25) is 5.91 Å². The molecule has 1 aliphatic carbocycles. The summed E-state index contributed by atoms with van der Waals surface area (Å²) in [5, 5.41) is 6.62. The van der Waals surface area contributed by atoms with Crippen molar-refractivity contribution < 1.29 is 9.53 Å². The van der Waals surface area contributed by atoms with Gasteiger partial charge in [-0.05, 0) is 43.4 Å². The molecule has 1 unspecified atom stereocenters. The van der Waals surface area contributed by atoms with E-state index >= 15 is 0 Å². The maximum Gasteiger partial charge on any atom is 0.227 e. The van der Waals surface area contributed by atoms with Crippen LogP contribution in [0.3, 0.4) is 0 Å². The Balaban J connectivity index is 0.00000256.